The van der Waals surface area contributed by atoms with E-state index in [1.165, 1.54) is 18.7 Å². The Labute approximate surface area is 99.2 Å². The Kier molecular flexibility index (Phi) is 3.26. The molecule has 92 valence electrons. The van der Waals surface area contributed by atoms with Crippen molar-refractivity contribution in [1.29, 1.82) is 0 Å². The van der Waals surface area contributed by atoms with E-state index in [1.54, 1.807) is 11.5 Å². The van der Waals surface area contributed by atoms with Crippen LogP contribution in [0, 0.1) is 17.0 Å². The highest BCUT2D eigenvalue weighted by molar-refractivity contribution is 5.30. The van der Waals surface area contributed by atoms with Crippen molar-refractivity contribution in [2.24, 2.45) is 0 Å². The Morgan fingerprint density at radius 2 is 2.00 bits per heavy atom. The van der Waals surface area contributed by atoms with E-state index in [1.807, 2.05) is 0 Å². The van der Waals surface area contributed by atoms with Crippen LogP contribution in [-0.4, -0.2) is 9.49 Å². The van der Waals surface area contributed by atoms with Gasteiger partial charge in [0.1, 0.15) is 0 Å². The van der Waals surface area contributed by atoms with Gasteiger partial charge in [0.15, 0.2) is 0 Å². The Balaban J connectivity index is 2.44. The third-order valence-electron chi connectivity index (χ3n) is 3.39. The van der Waals surface area contributed by atoms with Crippen molar-refractivity contribution < 1.29 is 4.92 Å². The molecule has 5 heteroatoms. The number of aromatic nitrogens is 1. The lowest BCUT2D eigenvalue weighted by Gasteiger charge is -2.23. The second-order valence-electron chi connectivity index (χ2n) is 4.64. The quantitative estimate of drug-likeness (QED) is 0.585. The van der Waals surface area contributed by atoms with Crippen LogP contribution in [-0.2, 0) is 0 Å². The van der Waals surface area contributed by atoms with Crippen LogP contribution in [0.15, 0.2) is 17.1 Å². The van der Waals surface area contributed by atoms with Crippen molar-refractivity contribution in [3.05, 3.63) is 38.3 Å². The number of pyridine rings is 1. The molecule has 2 rings (SSSR count). The van der Waals surface area contributed by atoms with Gasteiger partial charge in [-0.05, 0) is 19.8 Å². The zero-order valence-electron chi connectivity index (χ0n) is 9.89. The minimum atomic E-state index is -0.439. The van der Waals surface area contributed by atoms with Gasteiger partial charge in [-0.2, -0.15) is 0 Å². The zero-order valence-corrected chi connectivity index (χ0v) is 9.89. The third-order valence-corrected chi connectivity index (χ3v) is 3.39. The van der Waals surface area contributed by atoms with Crippen LogP contribution in [0.2, 0.25) is 0 Å². The maximum absolute atomic E-state index is 12.0. The van der Waals surface area contributed by atoms with E-state index in [-0.39, 0.29) is 17.3 Å². The zero-order chi connectivity index (χ0) is 12.4. The van der Waals surface area contributed by atoms with Gasteiger partial charge >= 0.3 is 0 Å². The van der Waals surface area contributed by atoms with Gasteiger partial charge in [0.25, 0.3) is 11.2 Å². The average molecular weight is 236 g/mol. The number of rotatable bonds is 2. The molecule has 1 aliphatic carbocycles. The Morgan fingerprint density at radius 3 is 2.59 bits per heavy atom. The van der Waals surface area contributed by atoms with Gasteiger partial charge in [-0.3, -0.25) is 14.9 Å². The Hall–Kier alpha value is -1.65. The largest absolute Gasteiger partial charge is 0.305 e. The van der Waals surface area contributed by atoms with Crippen LogP contribution in [0.3, 0.4) is 0 Å². The van der Waals surface area contributed by atoms with Gasteiger partial charge in [-0.1, -0.05) is 19.3 Å². The second-order valence-corrected chi connectivity index (χ2v) is 4.64. The average Bonchev–Trinajstić information content (AvgIpc) is 2.33. The van der Waals surface area contributed by atoms with Gasteiger partial charge in [0, 0.05) is 17.7 Å². The maximum Gasteiger partial charge on any atom is 0.286 e. The number of nitrogens with zero attached hydrogens (tertiary/aromatic N) is 2. The normalized spacial score (nSPS) is 17.0. The first-order valence-corrected chi connectivity index (χ1v) is 5.97. The maximum atomic E-state index is 12.0. The third kappa shape index (κ3) is 2.38. The van der Waals surface area contributed by atoms with Crippen molar-refractivity contribution in [3.63, 3.8) is 0 Å². The lowest BCUT2D eigenvalue weighted by molar-refractivity contribution is -0.385. The first kappa shape index (κ1) is 11.8. The van der Waals surface area contributed by atoms with Crippen LogP contribution in [0.25, 0.3) is 0 Å². The highest BCUT2D eigenvalue weighted by atomic mass is 16.6. The molecule has 0 atom stereocenters. The predicted octanol–water partition coefficient (Wildman–Crippen LogP) is 2.57. The molecular weight excluding hydrogens is 220 g/mol. The number of nitro groups is 1. The summed E-state index contributed by atoms with van der Waals surface area (Å²) in [5.74, 6) is 0. The van der Waals surface area contributed by atoms with Crippen LogP contribution in [0.4, 0.5) is 5.69 Å². The molecule has 5 nitrogen and oxygen atoms in total. The van der Waals surface area contributed by atoms with Crippen molar-refractivity contribution in [1.82, 2.24) is 4.57 Å². The van der Waals surface area contributed by atoms with E-state index in [0.717, 1.165) is 25.7 Å². The molecular formula is C12H16N2O3. The van der Waals surface area contributed by atoms with Crippen LogP contribution in [0.1, 0.15) is 43.7 Å². The van der Waals surface area contributed by atoms with E-state index >= 15 is 0 Å². The molecule has 0 aliphatic heterocycles. The van der Waals surface area contributed by atoms with Crippen LogP contribution < -0.4 is 5.56 Å². The molecule has 1 fully saturated rings. The lowest BCUT2D eigenvalue weighted by atomic mass is 9.95. The van der Waals surface area contributed by atoms with Crippen molar-refractivity contribution >= 4 is 5.69 Å². The first-order chi connectivity index (χ1) is 8.09. The summed E-state index contributed by atoms with van der Waals surface area (Å²) in [6.07, 6.45) is 6.67. The number of aryl methyl sites for hydroxylation is 1. The minimum Gasteiger partial charge on any atom is -0.305 e. The molecule has 1 aromatic rings. The fourth-order valence-electron chi connectivity index (χ4n) is 2.46. The summed E-state index contributed by atoms with van der Waals surface area (Å²) in [4.78, 5) is 22.3. The van der Waals surface area contributed by atoms with Gasteiger partial charge in [-0.15, -0.1) is 0 Å². The van der Waals surface area contributed by atoms with Crippen LogP contribution in [0.5, 0.6) is 0 Å². The van der Waals surface area contributed by atoms with Crippen molar-refractivity contribution in [2.45, 2.75) is 45.1 Å². The Morgan fingerprint density at radius 1 is 1.35 bits per heavy atom. The van der Waals surface area contributed by atoms with E-state index < -0.39 is 4.92 Å². The van der Waals surface area contributed by atoms with Gasteiger partial charge in [0.2, 0.25) is 0 Å². The molecule has 0 saturated heterocycles. The first-order valence-electron chi connectivity index (χ1n) is 5.97. The number of hydrogen-bond acceptors (Lipinski definition) is 3. The minimum absolute atomic E-state index is 0.00711. The predicted molar refractivity (Wildman–Crippen MR) is 64.2 cm³/mol. The molecule has 0 radical (unpaired) electrons. The summed E-state index contributed by atoms with van der Waals surface area (Å²) in [7, 11) is 0. The highest BCUT2D eigenvalue weighted by Crippen LogP contribution is 2.27. The molecule has 17 heavy (non-hydrogen) atoms. The molecule has 0 bridgehead atoms. The fraction of sp³-hybridized carbons (Fsp3) is 0.583. The lowest BCUT2D eigenvalue weighted by Crippen LogP contribution is -2.27. The topological polar surface area (TPSA) is 65.1 Å². The molecule has 1 saturated carbocycles. The summed E-state index contributed by atoms with van der Waals surface area (Å²) < 4.78 is 1.56. The summed E-state index contributed by atoms with van der Waals surface area (Å²) in [5, 5.41) is 10.8. The van der Waals surface area contributed by atoms with E-state index in [2.05, 4.69) is 0 Å². The van der Waals surface area contributed by atoms with Crippen molar-refractivity contribution in [3.8, 4) is 0 Å². The summed E-state index contributed by atoms with van der Waals surface area (Å²) in [6.45, 7) is 1.63. The fourth-order valence-corrected chi connectivity index (χ4v) is 2.46. The monoisotopic (exact) mass is 236 g/mol. The molecule has 1 aromatic heterocycles. The molecule has 0 spiro atoms. The van der Waals surface area contributed by atoms with E-state index in [4.69, 9.17) is 0 Å². The summed E-state index contributed by atoms with van der Waals surface area (Å²) >= 11 is 0. The SMILES string of the molecule is Cc1cc([N+](=O)[O-])cn(C2CCCCC2)c1=O. The molecule has 1 heterocycles. The highest BCUT2D eigenvalue weighted by Gasteiger charge is 2.19. The van der Waals surface area contributed by atoms with E-state index in [0.29, 0.717) is 5.56 Å². The second kappa shape index (κ2) is 4.69. The molecule has 0 N–H and O–H groups in total. The molecule has 1 aliphatic rings. The van der Waals surface area contributed by atoms with Gasteiger partial charge in [-0.25, -0.2) is 0 Å². The Bertz CT molecular complexity index is 487. The summed E-state index contributed by atoms with van der Waals surface area (Å²) in [5.41, 5.74) is 0.361. The van der Waals surface area contributed by atoms with E-state index in [9.17, 15) is 14.9 Å². The molecule has 0 amide bonds. The number of hydrogen-bond donors (Lipinski definition) is 0. The summed E-state index contributed by atoms with van der Waals surface area (Å²) in [6, 6.07) is 1.48. The van der Waals surface area contributed by atoms with Crippen molar-refractivity contribution in [2.75, 3.05) is 0 Å². The molecule has 0 aromatic carbocycles. The van der Waals surface area contributed by atoms with Gasteiger partial charge in [0.05, 0.1) is 11.1 Å². The standard InChI is InChI=1S/C12H16N2O3/c1-9-7-11(14(16)17)8-13(12(9)15)10-5-3-2-4-6-10/h7-8,10H,2-6H2,1H3. The molecule has 0 unspecified atom stereocenters. The smallest absolute Gasteiger partial charge is 0.286 e. The van der Waals surface area contributed by atoms with Gasteiger partial charge < -0.3 is 4.57 Å². The van der Waals surface area contributed by atoms with Crippen LogP contribution >= 0.6 is 0 Å².